The zero-order valence-corrected chi connectivity index (χ0v) is 46.8. The lowest BCUT2D eigenvalue weighted by atomic mass is 9.32. The minimum absolute atomic E-state index is 0.00185. The van der Waals surface area contributed by atoms with Gasteiger partial charge in [-0.2, -0.15) is 0 Å². The van der Waals surface area contributed by atoms with Gasteiger partial charge in [0.1, 0.15) is 17.6 Å². The number of aromatic hydroxyl groups is 1. The van der Waals surface area contributed by atoms with Crippen molar-refractivity contribution >= 4 is 17.3 Å². The quantitative estimate of drug-likeness (QED) is 0.101. The highest BCUT2D eigenvalue weighted by Gasteiger charge is 2.73. The number of hydrogen-bond donors (Lipinski definition) is 6. The predicted molar refractivity (Wildman–Crippen MR) is 295 cm³/mol. The van der Waals surface area contributed by atoms with E-state index in [1.54, 1.807) is 0 Å². The summed E-state index contributed by atoms with van der Waals surface area (Å²) in [5, 5.41) is 43.4. The molecule has 7 N–H and O–H groups in total. The van der Waals surface area contributed by atoms with Crippen molar-refractivity contribution in [1.29, 1.82) is 0 Å². The highest BCUT2D eigenvalue weighted by Crippen LogP contribution is 2.77. The van der Waals surface area contributed by atoms with Gasteiger partial charge in [0, 0.05) is 48.0 Å². The van der Waals surface area contributed by atoms with Crippen LogP contribution in [0.4, 0.5) is 5.69 Å². The number of fused-ring (bicyclic) bond motifs is 2. The van der Waals surface area contributed by atoms with E-state index in [0.717, 1.165) is 112 Å². The Labute approximate surface area is 444 Å². The number of hydrogen-bond acceptors (Lipinski definition) is 9. The number of allylic oxidation sites excluding steroid dienone is 2. The first-order chi connectivity index (χ1) is 35.1. The van der Waals surface area contributed by atoms with E-state index < -0.39 is 22.7 Å². The summed E-state index contributed by atoms with van der Waals surface area (Å²) in [6.07, 6.45) is 19.2. The average Bonchev–Trinajstić information content (AvgIpc) is 3.63. The number of nitrogen functional groups attached to an aromatic ring is 1. The van der Waals surface area contributed by atoms with Crippen molar-refractivity contribution in [2.75, 3.05) is 19.3 Å². The lowest BCUT2D eigenvalue weighted by Crippen LogP contribution is -2.71. The lowest BCUT2D eigenvalue weighted by Gasteiger charge is -2.72. The van der Waals surface area contributed by atoms with Gasteiger partial charge in [-0.1, -0.05) is 104 Å². The number of ether oxygens (including phenoxy) is 1. The number of Topliss-reactive ketones (excluding diaryl/α,β-unsaturated/α-hetero) is 2. The molecule has 2 aromatic carbocycles. The van der Waals surface area contributed by atoms with Crippen molar-refractivity contribution in [1.82, 2.24) is 10.6 Å². The zero-order chi connectivity index (χ0) is 52.3. The number of carbonyl (C=O) groups is 2. The first-order valence-electron chi connectivity index (χ1n) is 30.1. The molecule has 9 aliphatic rings. The standard InChI is InChI=1S/C65H95N3O6/c1-38(2)25-39-26-42(30-44(66)28-39)47-18-13-19-50(47)64(7)59(74-64)53(70)32-48-46-17-10-9-15-41(46)16-14-24-65-34-52-57-61(4,23-12-11-22-60(3,73)37-68-52)58(72)49(43-27-40(36-67-8)29-45(69)31-43)33-62(57,5)55(65)21-20-51-56(48)54(71)35-63(51,65)6/h26-31,38,41,46-50,52-53,55,57,59,67-70,73H,9-25,32-37,66H2,1-8H3. The number of aliphatic hydroxyl groups excluding tert-OH is 1. The fourth-order valence-corrected chi connectivity index (χ4v) is 20.5. The van der Waals surface area contributed by atoms with E-state index in [0.29, 0.717) is 79.9 Å². The maximum atomic E-state index is 15.7. The number of nitrogens with two attached hydrogens (primary N) is 1. The van der Waals surface area contributed by atoms with Crippen LogP contribution in [-0.4, -0.2) is 69.9 Å². The van der Waals surface area contributed by atoms with Crippen LogP contribution in [0.3, 0.4) is 0 Å². The number of benzene rings is 2. The Kier molecular flexibility index (Phi) is 13.9. The SMILES string of the molecule is CNCc1cc(O)cc(C2CC3(C)C4C(CC56CCCC7CCCCC7C(CC(O)C7OC7(C)C7CCCC7c7cc(N)cc(CC(C)C)c7)C7=C(CCC35)C6(C)CC7=O)NCC(C)(O)CCCCC4(C)C2=O)c1. The van der Waals surface area contributed by atoms with Crippen LogP contribution >= 0.6 is 0 Å². The van der Waals surface area contributed by atoms with Crippen molar-refractivity contribution in [2.24, 2.45) is 63.1 Å². The molecule has 1 spiro atoms. The number of phenolic OH excluding ortho intramolecular Hbond substituents is 1. The van der Waals surface area contributed by atoms with Gasteiger partial charge in [0.2, 0.25) is 0 Å². The van der Waals surface area contributed by atoms with Gasteiger partial charge in [-0.15, -0.1) is 0 Å². The second kappa shape index (κ2) is 19.4. The van der Waals surface area contributed by atoms with Crippen molar-refractivity contribution < 1.29 is 29.6 Å². The average molecular weight is 1010 g/mol. The molecule has 2 aromatic rings. The zero-order valence-electron chi connectivity index (χ0n) is 46.8. The molecule has 17 atom stereocenters. The molecule has 2 heterocycles. The summed E-state index contributed by atoms with van der Waals surface area (Å²) in [5.41, 5.74) is 11.7. The van der Waals surface area contributed by atoms with Gasteiger partial charge >= 0.3 is 0 Å². The monoisotopic (exact) mass is 1010 g/mol. The number of phenols is 1. The first-order valence-corrected chi connectivity index (χ1v) is 30.1. The van der Waals surface area contributed by atoms with E-state index in [1.807, 2.05) is 26.1 Å². The molecule has 0 aromatic heterocycles. The summed E-state index contributed by atoms with van der Waals surface area (Å²) in [4.78, 5) is 31.4. The van der Waals surface area contributed by atoms with Crippen molar-refractivity contribution in [3.63, 3.8) is 0 Å². The summed E-state index contributed by atoms with van der Waals surface area (Å²) in [6.45, 7) is 17.2. The van der Waals surface area contributed by atoms with E-state index in [1.165, 1.54) is 36.0 Å². The summed E-state index contributed by atoms with van der Waals surface area (Å²) in [7, 11) is 1.92. The molecule has 11 rings (SSSR count). The smallest absolute Gasteiger partial charge is 0.160 e. The van der Waals surface area contributed by atoms with Crippen molar-refractivity contribution in [3.8, 4) is 5.75 Å². The second-order valence-electron chi connectivity index (χ2n) is 28.4. The molecule has 7 aliphatic carbocycles. The summed E-state index contributed by atoms with van der Waals surface area (Å²) >= 11 is 0. The molecule has 0 radical (unpaired) electrons. The number of nitrogens with one attached hydrogen (secondary N) is 2. The van der Waals surface area contributed by atoms with E-state index in [4.69, 9.17) is 10.5 Å². The van der Waals surface area contributed by atoms with Crippen molar-refractivity contribution in [2.45, 2.75) is 231 Å². The number of aliphatic hydroxyl groups is 2. The number of carbonyl (C=O) groups excluding carboxylic acids is 2. The number of ketones is 2. The molecule has 2 saturated heterocycles. The molecular weight excluding hydrogens is 919 g/mol. The molecule has 17 unspecified atom stereocenters. The number of β-amino-alcohol motifs (C(OH)–C–C–N with tert-alkyl or cyclic N) is 1. The molecule has 5 saturated carbocycles. The topological polar surface area (TPSA) is 157 Å². The van der Waals surface area contributed by atoms with Gasteiger partial charge in [-0.3, -0.25) is 9.59 Å². The second-order valence-corrected chi connectivity index (χ2v) is 28.4. The van der Waals surface area contributed by atoms with Gasteiger partial charge in [0.15, 0.2) is 5.78 Å². The highest BCUT2D eigenvalue weighted by atomic mass is 16.6. The van der Waals surface area contributed by atoms with Gasteiger partial charge < -0.3 is 36.4 Å². The van der Waals surface area contributed by atoms with Crippen LogP contribution in [0.25, 0.3) is 0 Å². The Morgan fingerprint density at radius 1 is 0.838 bits per heavy atom. The fraction of sp³-hybridized carbons (Fsp3) is 0.754. The number of anilines is 1. The third kappa shape index (κ3) is 8.72. The summed E-state index contributed by atoms with van der Waals surface area (Å²) in [6, 6.07) is 12.6. The van der Waals surface area contributed by atoms with Crippen LogP contribution in [0.15, 0.2) is 47.5 Å². The van der Waals surface area contributed by atoms with Crippen LogP contribution in [0.2, 0.25) is 0 Å². The minimum Gasteiger partial charge on any atom is -0.508 e. The van der Waals surface area contributed by atoms with Crippen LogP contribution in [-0.2, 0) is 27.3 Å². The number of rotatable bonds is 10. The summed E-state index contributed by atoms with van der Waals surface area (Å²) < 4.78 is 6.87. The molecule has 4 bridgehead atoms. The Morgan fingerprint density at radius 3 is 2.38 bits per heavy atom. The van der Waals surface area contributed by atoms with E-state index in [2.05, 4.69) is 76.4 Å². The van der Waals surface area contributed by atoms with Gasteiger partial charge in [0.25, 0.3) is 0 Å². The minimum atomic E-state index is -0.865. The van der Waals surface area contributed by atoms with Crippen LogP contribution < -0.4 is 16.4 Å². The number of epoxide rings is 1. The van der Waals surface area contributed by atoms with Crippen LogP contribution in [0, 0.1) is 63.1 Å². The molecule has 9 nitrogen and oxygen atoms in total. The largest absolute Gasteiger partial charge is 0.508 e. The third-order valence-electron chi connectivity index (χ3n) is 23.3. The van der Waals surface area contributed by atoms with Gasteiger partial charge in [-0.05, 0) is 208 Å². The molecule has 406 valence electrons. The fourth-order valence-electron chi connectivity index (χ4n) is 20.5. The first kappa shape index (κ1) is 52.9. The van der Waals surface area contributed by atoms with Gasteiger partial charge in [0.05, 0.1) is 17.3 Å². The molecule has 0 amide bonds. The third-order valence-corrected chi connectivity index (χ3v) is 23.3. The summed E-state index contributed by atoms with van der Waals surface area (Å²) in [5.74, 6) is 2.88. The van der Waals surface area contributed by atoms with E-state index >= 15 is 9.59 Å². The molecular formula is C65H95N3O6. The predicted octanol–water partition coefficient (Wildman–Crippen LogP) is 12.0. The Hall–Kier alpha value is -3.08. The Balaban J connectivity index is 0.976. The normalized spacial score (nSPS) is 43.6. The van der Waals surface area contributed by atoms with Crippen LogP contribution in [0.5, 0.6) is 5.75 Å². The van der Waals surface area contributed by atoms with Crippen LogP contribution in [0.1, 0.15) is 211 Å². The molecule has 9 heteroatoms. The maximum absolute atomic E-state index is 15.7. The van der Waals surface area contributed by atoms with Crippen molar-refractivity contribution in [3.05, 3.63) is 69.8 Å². The van der Waals surface area contributed by atoms with E-state index in [9.17, 15) is 15.3 Å². The molecule has 7 fully saturated rings. The Bertz CT molecular complexity index is 2520. The maximum Gasteiger partial charge on any atom is 0.160 e. The van der Waals surface area contributed by atoms with E-state index in [-0.39, 0.29) is 57.8 Å². The lowest BCUT2D eigenvalue weighted by molar-refractivity contribution is -0.206. The van der Waals surface area contributed by atoms with Gasteiger partial charge in [-0.25, -0.2) is 0 Å². The molecule has 2 aliphatic heterocycles. The highest BCUT2D eigenvalue weighted by molar-refractivity contribution is 6.01. The Morgan fingerprint density at radius 2 is 1.59 bits per heavy atom. The molecule has 74 heavy (non-hydrogen) atoms.